The molecular formula is C19H26N2O3. The van der Waals surface area contributed by atoms with Crippen LogP contribution in [0.4, 0.5) is 0 Å². The zero-order valence-electron chi connectivity index (χ0n) is 15.0. The Kier molecular flexibility index (Phi) is 6.41. The number of pyridine rings is 1. The summed E-state index contributed by atoms with van der Waals surface area (Å²) in [5.74, 6) is 0.546. The molecule has 1 heterocycles. The van der Waals surface area contributed by atoms with Crippen LogP contribution in [0, 0.1) is 6.92 Å². The van der Waals surface area contributed by atoms with Crippen molar-refractivity contribution in [2.24, 2.45) is 5.16 Å². The number of hydrogen-bond acceptors (Lipinski definition) is 4. The van der Waals surface area contributed by atoms with Crippen LogP contribution in [-0.2, 0) is 11.4 Å². The zero-order chi connectivity index (χ0) is 17.5. The predicted molar refractivity (Wildman–Crippen MR) is 98.2 cm³/mol. The van der Waals surface area contributed by atoms with Crippen LogP contribution in [0.25, 0.3) is 10.9 Å². The number of rotatable bonds is 8. The molecule has 5 nitrogen and oxygen atoms in total. The summed E-state index contributed by atoms with van der Waals surface area (Å²) in [6, 6.07) is 6.05. The van der Waals surface area contributed by atoms with E-state index in [9.17, 15) is 4.79 Å². The fourth-order valence-corrected chi connectivity index (χ4v) is 2.92. The molecule has 2 rings (SSSR count). The lowest BCUT2D eigenvalue weighted by atomic mass is 10.1. The second-order valence-electron chi connectivity index (χ2n) is 5.90. The zero-order valence-corrected chi connectivity index (χ0v) is 15.0. The Bertz CT molecular complexity index is 778. The minimum absolute atomic E-state index is 0.0968. The van der Waals surface area contributed by atoms with Gasteiger partial charge in [0.25, 0.3) is 5.56 Å². The van der Waals surface area contributed by atoms with Gasteiger partial charge in [0.2, 0.25) is 0 Å². The van der Waals surface area contributed by atoms with Crippen LogP contribution in [0.2, 0.25) is 0 Å². The van der Waals surface area contributed by atoms with Crippen molar-refractivity contribution >= 4 is 17.1 Å². The maximum absolute atomic E-state index is 13.0. The Morgan fingerprint density at radius 3 is 2.67 bits per heavy atom. The van der Waals surface area contributed by atoms with Crippen LogP contribution in [0.5, 0.6) is 5.75 Å². The molecule has 1 aromatic carbocycles. The van der Waals surface area contributed by atoms with E-state index in [0.717, 1.165) is 29.3 Å². The van der Waals surface area contributed by atoms with E-state index < -0.39 is 0 Å². The van der Waals surface area contributed by atoms with Gasteiger partial charge in [0.15, 0.2) is 0 Å². The maximum atomic E-state index is 13.0. The Labute approximate surface area is 142 Å². The molecule has 0 amide bonds. The van der Waals surface area contributed by atoms with Gasteiger partial charge in [-0.15, -0.1) is 0 Å². The Balaban J connectivity index is 2.63. The number of methoxy groups -OCH3 is 1. The van der Waals surface area contributed by atoms with Crippen molar-refractivity contribution in [3.63, 3.8) is 0 Å². The number of nitrogens with zero attached hydrogens (tertiary/aromatic N) is 2. The molecule has 0 aliphatic rings. The quantitative estimate of drug-likeness (QED) is 0.419. The minimum atomic E-state index is -0.0968. The molecule has 0 aliphatic carbocycles. The summed E-state index contributed by atoms with van der Waals surface area (Å²) in [6.45, 7) is 4.89. The predicted octanol–water partition coefficient (Wildman–Crippen LogP) is 3.88. The minimum Gasteiger partial charge on any atom is -0.495 e. The van der Waals surface area contributed by atoms with Gasteiger partial charge in [0, 0.05) is 11.9 Å². The molecule has 0 atom stereocenters. The fourth-order valence-electron chi connectivity index (χ4n) is 2.92. The number of unbranched alkanes of at least 4 members (excludes halogenated alkanes) is 3. The first-order valence-electron chi connectivity index (χ1n) is 8.41. The molecule has 0 unspecified atom stereocenters. The molecule has 1 aromatic heterocycles. The normalized spacial score (nSPS) is 11.3. The van der Waals surface area contributed by atoms with E-state index >= 15 is 0 Å². The smallest absolute Gasteiger partial charge is 0.263 e. The van der Waals surface area contributed by atoms with Crippen LogP contribution in [0.3, 0.4) is 0 Å². The molecule has 0 saturated carbocycles. The second-order valence-corrected chi connectivity index (χ2v) is 5.90. The molecule has 0 radical (unpaired) electrons. The molecular weight excluding hydrogens is 304 g/mol. The van der Waals surface area contributed by atoms with Crippen molar-refractivity contribution in [3.8, 4) is 5.75 Å². The molecule has 130 valence electrons. The standard InChI is InChI=1S/C19H26N2O3/c1-5-6-7-8-11-21-17-10-9-14(2)12-15(17)18(23-3)16(19(21)22)13-20-24-4/h9-10,12-13H,5-8,11H2,1-4H3. The van der Waals surface area contributed by atoms with E-state index in [-0.39, 0.29) is 5.56 Å². The Hall–Kier alpha value is -2.30. The molecule has 0 aliphatic heterocycles. The van der Waals surface area contributed by atoms with Crippen LogP contribution >= 0.6 is 0 Å². The summed E-state index contributed by atoms with van der Waals surface area (Å²) in [7, 11) is 3.03. The van der Waals surface area contributed by atoms with Gasteiger partial charge in [-0.25, -0.2) is 0 Å². The third-order valence-corrected chi connectivity index (χ3v) is 4.13. The van der Waals surface area contributed by atoms with E-state index in [1.807, 2.05) is 29.7 Å². The summed E-state index contributed by atoms with van der Waals surface area (Å²) < 4.78 is 7.35. The number of oxime groups is 1. The lowest BCUT2D eigenvalue weighted by Crippen LogP contribution is -2.25. The van der Waals surface area contributed by atoms with Gasteiger partial charge in [-0.2, -0.15) is 0 Å². The average Bonchev–Trinajstić information content (AvgIpc) is 2.58. The van der Waals surface area contributed by atoms with Crippen molar-refractivity contribution in [1.82, 2.24) is 4.57 Å². The van der Waals surface area contributed by atoms with Gasteiger partial charge < -0.3 is 14.1 Å². The van der Waals surface area contributed by atoms with Crippen molar-refractivity contribution in [2.45, 2.75) is 46.1 Å². The molecule has 0 saturated heterocycles. The molecule has 24 heavy (non-hydrogen) atoms. The molecule has 0 fully saturated rings. The lowest BCUT2D eigenvalue weighted by Gasteiger charge is -2.16. The summed E-state index contributed by atoms with van der Waals surface area (Å²) in [5.41, 5.74) is 2.34. The highest BCUT2D eigenvalue weighted by Crippen LogP contribution is 2.28. The van der Waals surface area contributed by atoms with Crippen LogP contribution < -0.4 is 10.3 Å². The number of aromatic nitrogens is 1. The first kappa shape index (κ1) is 18.0. The summed E-state index contributed by atoms with van der Waals surface area (Å²) >= 11 is 0. The topological polar surface area (TPSA) is 52.8 Å². The van der Waals surface area contributed by atoms with Gasteiger partial charge in [-0.3, -0.25) is 4.79 Å². The SMILES string of the molecule is CCCCCCn1c(=O)c(C=NOC)c(OC)c2cc(C)ccc21. The number of aryl methyl sites for hydroxylation is 2. The van der Waals surface area contributed by atoms with Crippen molar-refractivity contribution < 1.29 is 9.57 Å². The molecule has 0 bridgehead atoms. The summed E-state index contributed by atoms with van der Waals surface area (Å²) in [4.78, 5) is 17.7. The number of hydrogen-bond donors (Lipinski definition) is 0. The van der Waals surface area contributed by atoms with Gasteiger partial charge >= 0.3 is 0 Å². The molecule has 5 heteroatoms. The van der Waals surface area contributed by atoms with Crippen molar-refractivity contribution in [1.29, 1.82) is 0 Å². The largest absolute Gasteiger partial charge is 0.495 e. The Morgan fingerprint density at radius 1 is 1.21 bits per heavy atom. The van der Waals surface area contributed by atoms with Gasteiger partial charge in [-0.1, -0.05) is 43.0 Å². The van der Waals surface area contributed by atoms with Crippen molar-refractivity contribution in [3.05, 3.63) is 39.7 Å². The third-order valence-electron chi connectivity index (χ3n) is 4.13. The number of fused-ring (bicyclic) bond motifs is 1. The highest BCUT2D eigenvalue weighted by Gasteiger charge is 2.16. The Morgan fingerprint density at radius 2 is 2.00 bits per heavy atom. The maximum Gasteiger partial charge on any atom is 0.263 e. The third kappa shape index (κ3) is 3.78. The molecule has 0 spiro atoms. The van der Waals surface area contributed by atoms with Crippen LogP contribution in [0.1, 0.15) is 43.7 Å². The van der Waals surface area contributed by atoms with E-state index in [1.54, 1.807) is 7.11 Å². The summed E-state index contributed by atoms with van der Waals surface area (Å²) in [5, 5.41) is 4.69. The van der Waals surface area contributed by atoms with Crippen LogP contribution in [-0.4, -0.2) is 25.0 Å². The first-order chi connectivity index (χ1) is 11.6. The average molecular weight is 330 g/mol. The molecule has 2 aromatic rings. The second kappa shape index (κ2) is 8.52. The highest BCUT2D eigenvalue weighted by molar-refractivity contribution is 5.95. The van der Waals surface area contributed by atoms with Gasteiger partial charge in [0.05, 0.1) is 18.8 Å². The first-order valence-corrected chi connectivity index (χ1v) is 8.41. The van der Waals surface area contributed by atoms with E-state index in [4.69, 9.17) is 9.57 Å². The van der Waals surface area contributed by atoms with E-state index in [2.05, 4.69) is 12.1 Å². The van der Waals surface area contributed by atoms with Gasteiger partial charge in [0.1, 0.15) is 18.4 Å². The number of benzene rings is 1. The number of ether oxygens (including phenoxy) is 1. The molecule has 0 N–H and O–H groups in total. The van der Waals surface area contributed by atoms with E-state index in [0.29, 0.717) is 17.9 Å². The van der Waals surface area contributed by atoms with Gasteiger partial charge in [-0.05, 0) is 25.5 Å². The fraction of sp³-hybridized carbons (Fsp3) is 0.474. The monoisotopic (exact) mass is 330 g/mol. The van der Waals surface area contributed by atoms with Crippen molar-refractivity contribution in [2.75, 3.05) is 14.2 Å². The van der Waals surface area contributed by atoms with E-state index in [1.165, 1.54) is 26.2 Å². The highest BCUT2D eigenvalue weighted by atomic mass is 16.6. The lowest BCUT2D eigenvalue weighted by molar-refractivity contribution is 0.215. The summed E-state index contributed by atoms with van der Waals surface area (Å²) in [6.07, 6.45) is 5.88. The van der Waals surface area contributed by atoms with Crippen LogP contribution in [0.15, 0.2) is 28.1 Å².